The van der Waals surface area contributed by atoms with E-state index in [-0.39, 0.29) is 0 Å². The molecule has 0 spiro atoms. The number of hydrogen-bond acceptors (Lipinski definition) is 1. The van der Waals surface area contributed by atoms with E-state index < -0.39 is 0 Å². The van der Waals surface area contributed by atoms with Gasteiger partial charge in [-0.2, -0.15) is 5.26 Å². The highest BCUT2D eigenvalue weighted by molar-refractivity contribution is 7.94. The molecule has 62 valence electrons. The lowest BCUT2D eigenvalue weighted by atomic mass is 10.2. The normalized spacial score (nSPS) is 9.83. The molecule has 0 aromatic heterocycles. The van der Waals surface area contributed by atoms with Gasteiger partial charge in [0.1, 0.15) is 5.75 Å². The molecule has 2 heteroatoms. The zero-order chi connectivity index (χ0) is 8.97. The minimum absolute atomic E-state index is 0.442. The molecule has 1 rings (SSSR count). The number of nitriles is 1. The number of hydrogen-bond donors (Lipinski definition) is 0. The van der Waals surface area contributed by atoms with E-state index in [1.165, 1.54) is 5.56 Å². The van der Waals surface area contributed by atoms with Crippen LogP contribution in [-0.2, 0) is 16.6 Å². The lowest BCUT2D eigenvalue weighted by Crippen LogP contribution is -1.98. The highest BCUT2D eigenvalue weighted by atomic mass is 32.2. The van der Waals surface area contributed by atoms with Crippen molar-refractivity contribution in [1.82, 2.24) is 0 Å². The summed E-state index contributed by atoms with van der Waals surface area (Å²) >= 11 is 0. The molecule has 1 aromatic rings. The van der Waals surface area contributed by atoms with Crippen LogP contribution in [0.1, 0.15) is 11.1 Å². The van der Waals surface area contributed by atoms with E-state index in [2.05, 4.69) is 18.6 Å². The molecule has 0 heterocycles. The Kier molecular flexibility index (Phi) is 3.19. The highest BCUT2D eigenvalue weighted by Crippen LogP contribution is 2.06. The Hall–Kier alpha value is -0.940. The molecule has 1 nitrogen and oxygen atoms in total. The van der Waals surface area contributed by atoms with Gasteiger partial charge in [0.05, 0.1) is 24.1 Å². The maximum absolute atomic E-state index is 8.56. The first-order chi connectivity index (χ1) is 5.72. The van der Waals surface area contributed by atoms with Gasteiger partial charge in [-0.15, -0.1) is 0 Å². The molecule has 0 unspecified atom stereocenters. The Morgan fingerprint density at radius 1 is 1.25 bits per heavy atom. The van der Waals surface area contributed by atoms with E-state index in [4.69, 9.17) is 5.26 Å². The smallest absolute Gasteiger partial charge is 0.132 e. The van der Waals surface area contributed by atoms with Gasteiger partial charge in [0.25, 0.3) is 0 Å². The zero-order valence-corrected chi connectivity index (χ0v) is 8.19. The first kappa shape index (κ1) is 9.15. The molecule has 0 bridgehead atoms. The molecule has 0 aliphatic carbocycles. The summed E-state index contributed by atoms with van der Waals surface area (Å²) in [5, 5.41) is 8.56. The van der Waals surface area contributed by atoms with Crippen molar-refractivity contribution in [2.45, 2.75) is 5.75 Å². The van der Waals surface area contributed by atoms with Crippen molar-refractivity contribution in [3.8, 4) is 6.07 Å². The summed E-state index contributed by atoms with van der Waals surface area (Å²) in [7, 11) is 0.442. The molecule has 0 saturated heterocycles. The minimum atomic E-state index is 0.442. The van der Waals surface area contributed by atoms with E-state index in [1.54, 1.807) is 0 Å². The summed E-state index contributed by atoms with van der Waals surface area (Å²) in [6, 6.07) is 9.93. The Balaban J connectivity index is 2.73. The van der Waals surface area contributed by atoms with E-state index >= 15 is 0 Å². The van der Waals surface area contributed by atoms with Crippen LogP contribution in [0.3, 0.4) is 0 Å². The van der Waals surface area contributed by atoms with Crippen molar-refractivity contribution in [3.63, 3.8) is 0 Å². The Labute approximate surface area is 76.4 Å². The summed E-state index contributed by atoms with van der Waals surface area (Å²) in [5.41, 5.74) is 2.06. The van der Waals surface area contributed by atoms with Crippen molar-refractivity contribution in [2.24, 2.45) is 0 Å². The van der Waals surface area contributed by atoms with Crippen molar-refractivity contribution < 1.29 is 0 Å². The average molecular weight is 178 g/mol. The van der Waals surface area contributed by atoms with E-state index in [0.29, 0.717) is 10.9 Å². The molecule has 12 heavy (non-hydrogen) atoms. The molecular weight excluding hydrogens is 166 g/mol. The summed E-state index contributed by atoms with van der Waals surface area (Å²) in [6.45, 7) is 0. The van der Waals surface area contributed by atoms with Crippen LogP contribution in [0.5, 0.6) is 0 Å². The number of nitrogens with zero attached hydrogens (tertiary/aromatic N) is 1. The molecular formula is C10H12NS+. The fourth-order valence-corrected chi connectivity index (χ4v) is 1.87. The third-order valence-corrected chi connectivity index (χ3v) is 2.45. The summed E-state index contributed by atoms with van der Waals surface area (Å²) in [5.74, 6) is 1.12. The molecule has 0 aliphatic rings. The van der Waals surface area contributed by atoms with Crippen LogP contribution in [-0.4, -0.2) is 12.5 Å². The largest absolute Gasteiger partial charge is 0.192 e. The first-order valence-electron chi connectivity index (χ1n) is 3.75. The molecule has 0 radical (unpaired) electrons. The maximum Gasteiger partial charge on any atom is 0.132 e. The van der Waals surface area contributed by atoms with Crippen molar-refractivity contribution in [1.29, 1.82) is 5.26 Å². The zero-order valence-electron chi connectivity index (χ0n) is 7.37. The molecule has 0 atom stereocenters. The van der Waals surface area contributed by atoms with E-state index in [0.717, 1.165) is 11.3 Å². The molecule has 0 N–H and O–H groups in total. The van der Waals surface area contributed by atoms with Crippen LogP contribution in [0.2, 0.25) is 0 Å². The van der Waals surface area contributed by atoms with Gasteiger partial charge >= 0.3 is 0 Å². The molecule has 0 fully saturated rings. The standard InChI is InChI=1S/C10H12NS/c1-12(2)8-10-5-3-9(7-11)4-6-10/h3-6H,8H2,1-2H3/q+1. The van der Waals surface area contributed by atoms with Crippen LogP contribution >= 0.6 is 0 Å². The Morgan fingerprint density at radius 2 is 1.83 bits per heavy atom. The van der Waals surface area contributed by atoms with Gasteiger partial charge in [-0.25, -0.2) is 0 Å². The summed E-state index contributed by atoms with van der Waals surface area (Å²) in [6.07, 6.45) is 4.44. The second kappa shape index (κ2) is 4.18. The predicted octanol–water partition coefficient (Wildman–Crippen LogP) is 1.94. The number of benzene rings is 1. The van der Waals surface area contributed by atoms with Crippen molar-refractivity contribution >= 4 is 10.9 Å². The minimum Gasteiger partial charge on any atom is -0.192 e. The van der Waals surface area contributed by atoms with Crippen LogP contribution in [0, 0.1) is 11.3 Å². The van der Waals surface area contributed by atoms with Gasteiger partial charge < -0.3 is 0 Å². The van der Waals surface area contributed by atoms with Crippen LogP contribution in [0.4, 0.5) is 0 Å². The summed E-state index contributed by atoms with van der Waals surface area (Å²) in [4.78, 5) is 0. The highest BCUT2D eigenvalue weighted by Gasteiger charge is 2.03. The van der Waals surface area contributed by atoms with Gasteiger partial charge in [0.2, 0.25) is 0 Å². The van der Waals surface area contributed by atoms with Crippen LogP contribution in [0.25, 0.3) is 0 Å². The second-order valence-electron chi connectivity index (χ2n) is 2.94. The van der Waals surface area contributed by atoms with Gasteiger partial charge in [-0.3, -0.25) is 0 Å². The van der Waals surface area contributed by atoms with Gasteiger partial charge in [0.15, 0.2) is 0 Å². The summed E-state index contributed by atoms with van der Waals surface area (Å²) < 4.78 is 0. The second-order valence-corrected chi connectivity index (χ2v) is 5.20. The Bertz CT molecular complexity index is 282. The topological polar surface area (TPSA) is 23.8 Å². The quantitative estimate of drug-likeness (QED) is 0.635. The van der Waals surface area contributed by atoms with E-state index in [1.807, 2.05) is 24.3 Å². The predicted molar refractivity (Wildman–Crippen MR) is 54.1 cm³/mol. The molecule has 1 aromatic carbocycles. The van der Waals surface area contributed by atoms with Crippen molar-refractivity contribution in [2.75, 3.05) is 12.5 Å². The molecule has 0 amide bonds. The van der Waals surface area contributed by atoms with Gasteiger partial charge in [-0.1, -0.05) is 12.1 Å². The third kappa shape index (κ3) is 2.60. The van der Waals surface area contributed by atoms with Gasteiger partial charge in [-0.05, 0) is 23.0 Å². The van der Waals surface area contributed by atoms with Crippen LogP contribution < -0.4 is 0 Å². The SMILES string of the molecule is C[S+](C)Cc1ccc(C#N)cc1. The fraction of sp³-hybridized carbons (Fsp3) is 0.300. The van der Waals surface area contributed by atoms with Gasteiger partial charge in [0, 0.05) is 5.56 Å². The maximum atomic E-state index is 8.56. The van der Waals surface area contributed by atoms with E-state index in [9.17, 15) is 0 Å². The molecule has 0 saturated carbocycles. The average Bonchev–Trinajstić information content (AvgIpc) is 2.05. The molecule has 0 aliphatic heterocycles. The van der Waals surface area contributed by atoms with Crippen LogP contribution in [0.15, 0.2) is 24.3 Å². The fourth-order valence-electron chi connectivity index (χ4n) is 1.01. The Morgan fingerprint density at radius 3 is 2.25 bits per heavy atom. The lowest BCUT2D eigenvalue weighted by molar-refractivity contribution is 1.38. The first-order valence-corrected chi connectivity index (χ1v) is 5.96. The monoisotopic (exact) mass is 178 g/mol. The lowest BCUT2D eigenvalue weighted by Gasteiger charge is -1.97. The number of rotatable bonds is 2. The van der Waals surface area contributed by atoms with Crippen molar-refractivity contribution in [3.05, 3.63) is 35.4 Å². The third-order valence-electron chi connectivity index (χ3n) is 1.54.